The van der Waals surface area contributed by atoms with Gasteiger partial charge in [0.1, 0.15) is 21.7 Å². The number of fused-ring (bicyclic) bond motifs is 1. The van der Waals surface area contributed by atoms with Gasteiger partial charge >= 0.3 is 0 Å². The molecule has 0 bridgehead atoms. The second-order valence-electron chi connectivity index (χ2n) is 3.64. The third-order valence-electron chi connectivity index (χ3n) is 2.42. The lowest BCUT2D eigenvalue weighted by atomic mass is 10.2. The monoisotopic (exact) mass is 331 g/mol. The van der Waals surface area contributed by atoms with Gasteiger partial charge in [-0.3, -0.25) is 0 Å². The normalized spacial score (nSPS) is 11.2. The van der Waals surface area contributed by atoms with E-state index in [9.17, 15) is 0 Å². The lowest BCUT2D eigenvalue weighted by Crippen LogP contribution is -1.86. The van der Waals surface area contributed by atoms with Crippen molar-refractivity contribution in [3.05, 3.63) is 11.3 Å². The van der Waals surface area contributed by atoms with Gasteiger partial charge in [0.15, 0.2) is 0 Å². The molecule has 0 N–H and O–H groups in total. The van der Waals surface area contributed by atoms with E-state index in [1.54, 1.807) is 29.4 Å². The fourth-order valence-electron chi connectivity index (χ4n) is 1.58. The minimum Gasteiger partial charge on any atom is -0.237 e. The number of rotatable bonds is 6. The van der Waals surface area contributed by atoms with Crippen molar-refractivity contribution in [2.24, 2.45) is 0 Å². The van der Waals surface area contributed by atoms with Crippen molar-refractivity contribution in [3.8, 4) is 0 Å². The van der Waals surface area contributed by atoms with Crippen molar-refractivity contribution in [1.29, 1.82) is 0 Å². The first-order chi connectivity index (χ1) is 8.35. The zero-order valence-electron chi connectivity index (χ0n) is 9.65. The molecule has 0 saturated carbocycles. The summed E-state index contributed by atoms with van der Waals surface area (Å²) < 4.78 is 0. The molecular formula is C11H14BrN3S2. The van der Waals surface area contributed by atoms with E-state index in [1.165, 1.54) is 24.3 Å². The van der Waals surface area contributed by atoms with Gasteiger partial charge in [0.2, 0.25) is 0 Å². The van der Waals surface area contributed by atoms with Crippen LogP contribution in [0.5, 0.6) is 0 Å². The molecular weight excluding hydrogens is 318 g/mol. The molecule has 0 unspecified atom stereocenters. The number of aromatic nitrogens is 3. The minimum atomic E-state index is 0.973. The van der Waals surface area contributed by atoms with Crippen LogP contribution in [0.2, 0.25) is 0 Å². The van der Waals surface area contributed by atoms with E-state index in [0.717, 1.165) is 27.1 Å². The predicted octanol–water partition coefficient (Wildman–Crippen LogP) is 3.92. The summed E-state index contributed by atoms with van der Waals surface area (Å²) in [5.41, 5.74) is 0.973. The summed E-state index contributed by atoms with van der Waals surface area (Å²) in [5, 5.41) is 3.26. The molecule has 17 heavy (non-hydrogen) atoms. The maximum absolute atomic E-state index is 4.64. The lowest BCUT2D eigenvalue weighted by Gasteiger charge is -1.95. The van der Waals surface area contributed by atoms with Gasteiger partial charge in [0.05, 0.1) is 5.01 Å². The molecule has 0 saturated heterocycles. The number of alkyl halides is 1. The van der Waals surface area contributed by atoms with Crippen LogP contribution in [0.4, 0.5) is 0 Å². The van der Waals surface area contributed by atoms with Gasteiger partial charge in [-0.1, -0.05) is 33.7 Å². The summed E-state index contributed by atoms with van der Waals surface area (Å²) >= 11 is 6.78. The van der Waals surface area contributed by atoms with Gasteiger partial charge in [-0.05, 0) is 25.5 Å². The Hall–Kier alpha value is -0.200. The van der Waals surface area contributed by atoms with E-state index in [-0.39, 0.29) is 0 Å². The van der Waals surface area contributed by atoms with Crippen molar-refractivity contribution in [2.45, 2.75) is 30.7 Å². The molecule has 0 amide bonds. The van der Waals surface area contributed by atoms with Gasteiger partial charge < -0.3 is 0 Å². The average Bonchev–Trinajstić information content (AvgIpc) is 2.77. The van der Waals surface area contributed by atoms with E-state index in [4.69, 9.17) is 0 Å². The lowest BCUT2D eigenvalue weighted by molar-refractivity contribution is 0.722. The summed E-state index contributed by atoms with van der Waals surface area (Å²) in [4.78, 5) is 14.2. The van der Waals surface area contributed by atoms with Gasteiger partial charge in [0, 0.05) is 5.33 Å². The van der Waals surface area contributed by atoms with Gasteiger partial charge in [-0.25, -0.2) is 15.0 Å². The minimum absolute atomic E-state index is 0.973. The van der Waals surface area contributed by atoms with Crippen molar-refractivity contribution in [3.63, 3.8) is 0 Å². The van der Waals surface area contributed by atoms with Crippen LogP contribution in [-0.2, 0) is 6.42 Å². The number of halogens is 1. The number of thiazole rings is 1. The average molecular weight is 332 g/mol. The number of hydrogen-bond donors (Lipinski definition) is 0. The Morgan fingerprint density at radius 1 is 1.29 bits per heavy atom. The predicted molar refractivity (Wildman–Crippen MR) is 78.3 cm³/mol. The number of hydrogen-bond acceptors (Lipinski definition) is 5. The molecule has 0 aliphatic rings. The standard InChI is InChI=1S/C11H14BrN3S2/c1-16-10-9-11(14-7-13-10)17-8(15-9)5-3-2-4-6-12/h7H,2-6H2,1H3. The summed E-state index contributed by atoms with van der Waals surface area (Å²) in [6, 6.07) is 0. The maximum atomic E-state index is 4.64. The van der Waals surface area contributed by atoms with Crippen LogP contribution in [0.3, 0.4) is 0 Å². The molecule has 0 radical (unpaired) electrons. The van der Waals surface area contributed by atoms with Crippen molar-refractivity contribution in [1.82, 2.24) is 15.0 Å². The SMILES string of the molecule is CSc1ncnc2sc(CCCCCBr)nc12. The summed E-state index contributed by atoms with van der Waals surface area (Å²) in [6.45, 7) is 0. The fourth-order valence-corrected chi connectivity index (χ4v) is 3.48. The molecule has 0 aliphatic heterocycles. The Bertz CT molecular complexity index is 487. The molecule has 2 heterocycles. The highest BCUT2D eigenvalue weighted by Crippen LogP contribution is 2.27. The highest BCUT2D eigenvalue weighted by atomic mass is 79.9. The second kappa shape index (κ2) is 6.66. The van der Waals surface area contributed by atoms with Gasteiger partial charge in [0.25, 0.3) is 0 Å². The van der Waals surface area contributed by atoms with Crippen LogP contribution in [0.15, 0.2) is 11.4 Å². The molecule has 92 valence electrons. The topological polar surface area (TPSA) is 38.7 Å². The first-order valence-electron chi connectivity index (χ1n) is 5.55. The first kappa shape index (κ1) is 13.2. The van der Waals surface area contributed by atoms with Crippen LogP contribution in [-0.4, -0.2) is 26.5 Å². The smallest absolute Gasteiger partial charge is 0.148 e. The van der Waals surface area contributed by atoms with E-state index in [1.807, 2.05) is 6.26 Å². The third kappa shape index (κ3) is 3.39. The van der Waals surface area contributed by atoms with Crippen LogP contribution in [0.1, 0.15) is 24.3 Å². The maximum Gasteiger partial charge on any atom is 0.148 e. The molecule has 3 nitrogen and oxygen atoms in total. The molecule has 2 aromatic rings. The summed E-state index contributed by atoms with van der Waals surface area (Å²) in [7, 11) is 0. The van der Waals surface area contributed by atoms with E-state index >= 15 is 0 Å². The Kier molecular flexibility index (Phi) is 5.18. The van der Waals surface area contributed by atoms with Crippen LogP contribution < -0.4 is 0 Å². The quantitative estimate of drug-likeness (QED) is 0.348. The number of unbranched alkanes of at least 4 members (excludes halogenated alkanes) is 2. The van der Waals surface area contributed by atoms with Crippen molar-refractivity contribution in [2.75, 3.05) is 11.6 Å². The van der Waals surface area contributed by atoms with E-state index < -0.39 is 0 Å². The zero-order chi connectivity index (χ0) is 12.1. The Morgan fingerprint density at radius 2 is 2.18 bits per heavy atom. The zero-order valence-corrected chi connectivity index (χ0v) is 12.9. The molecule has 2 rings (SSSR count). The first-order valence-corrected chi connectivity index (χ1v) is 8.71. The Labute approximate surface area is 118 Å². The third-order valence-corrected chi connectivity index (χ3v) is 4.69. The highest BCUT2D eigenvalue weighted by molar-refractivity contribution is 9.09. The summed E-state index contributed by atoms with van der Waals surface area (Å²) in [6.07, 6.45) is 8.40. The number of nitrogens with zero attached hydrogens (tertiary/aromatic N) is 3. The Balaban J connectivity index is 2.09. The second-order valence-corrected chi connectivity index (χ2v) is 6.29. The van der Waals surface area contributed by atoms with Gasteiger partial charge in [-0.15, -0.1) is 11.8 Å². The van der Waals surface area contributed by atoms with Gasteiger partial charge in [-0.2, -0.15) is 0 Å². The molecule has 0 aromatic carbocycles. The largest absolute Gasteiger partial charge is 0.237 e. The van der Waals surface area contributed by atoms with Crippen LogP contribution in [0.25, 0.3) is 10.3 Å². The van der Waals surface area contributed by atoms with Crippen molar-refractivity contribution < 1.29 is 0 Å². The van der Waals surface area contributed by atoms with E-state index in [2.05, 4.69) is 30.9 Å². The number of thioether (sulfide) groups is 1. The molecule has 0 aliphatic carbocycles. The van der Waals surface area contributed by atoms with Crippen molar-refractivity contribution >= 4 is 49.4 Å². The molecule has 6 heteroatoms. The Morgan fingerprint density at radius 3 is 2.94 bits per heavy atom. The fraction of sp³-hybridized carbons (Fsp3) is 0.545. The molecule has 0 fully saturated rings. The number of aryl methyl sites for hydroxylation is 1. The molecule has 2 aromatic heterocycles. The molecule has 0 atom stereocenters. The highest BCUT2D eigenvalue weighted by Gasteiger charge is 2.09. The van der Waals surface area contributed by atoms with E-state index in [0.29, 0.717) is 0 Å². The van der Waals surface area contributed by atoms with Crippen LogP contribution >= 0.6 is 39.0 Å². The summed E-state index contributed by atoms with van der Waals surface area (Å²) in [5.74, 6) is 0. The molecule has 0 spiro atoms. The van der Waals surface area contributed by atoms with Crippen LogP contribution in [0, 0.1) is 0 Å².